The van der Waals surface area contributed by atoms with Gasteiger partial charge in [-0.2, -0.15) is 0 Å². The summed E-state index contributed by atoms with van der Waals surface area (Å²) in [5.74, 6) is 0.558. The van der Waals surface area contributed by atoms with Gasteiger partial charge in [0.1, 0.15) is 27.9 Å². The van der Waals surface area contributed by atoms with Crippen LogP contribution in [-0.2, 0) is 0 Å². The molecule has 5 heterocycles. The van der Waals surface area contributed by atoms with Gasteiger partial charge in [0.15, 0.2) is 5.82 Å². The van der Waals surface area contributed by atoms with Crippen LogP contribution >= 0.6 is 0 Å². The van der Waals surface area contributed by atoms with E-state index in [1.165, 1.54) is 0 Å². The van der Waals surface area contributed by atoms with E-state index in [0.717, 1.165) is 104 Å². The van der Waals surface area contributed by atoms with Crippen molar-refractivity contribution < 1.29 is 13.3 Å². The number of para-hydroxylation sites is 5. The summed E-state index contributed by atoms with van der Waals surface area (Å²) in [4.78, 5) is 19.3. The molecule has 7 nitrogen and oxygen atoms in total. The van der Waals surface area contributed by atoms with Gasteiger partial charge in [-0.05, 0) is 77.4 Å². The Morgan fingerprint density at radius 1 is 0.381 bits per heavy atom. The van der Waals surface area contributed by atoms with Gasteiger partial charge in [-0.1, -0.05) is 121 Å². The summed E-state index contributed by atoms with van der Waals surface area (Å²) in [5, 5.41) is 6.86. The van der Waals surface area contributed by atoms with E-state index in [0.29, 0.717) is 34.2 Å². The molecule has 0 spiro atoms. The molecule has 0 fully saturated rings. The predicted octanol–water partition coefficient (Wildman–Crippen LogP) is 15.6. The summed E-state index contributed by atoms with van der Waals surface area (Å²) in [6.45, 7) is 8.25. The molecule has 13 aromatic rings. The van der Waals surface area contributed by atoms with Gasteiger partial charge in [-0.25, -0.2) is 19.8 Å². The third-order valence-electron chi connectivity index (χ3n) is 12.1. The first-order valence-electron chi connectivity index (χ1n) is 20.7. The summed E-state index contributed by atoms with van der Waals surface area (Å²) < 4.78 is 19.5. The molecule has 0 radical (unpaired) electrons. The molecule has 0 N–H and O–H groups in total. The van der Waals surface area contributed by atoms with Crippen molar-refractivity contribution in [1.29, 1.82) is 0 Å². The lowest BCUT2D eigenvalue weighted by atomic mass is 9.93. The highest BCUT2D eigenvalue weighted by Gasteiger charge is 2.21. The SMILES string of the molecule is [C-]#[N+]c1cc(-c2cc(-c3cc(-c4cccc5c4oc4ccccc45)cc(-c4cccc5c4oc4ccccc45)c3)nc(-c3ccccc3)n2)cc2c1oc1nc3ccccc3cc12. The van der Waals surface area contributed by atoms with Crippen molar-refractivity contribution in [2.24, 2.45) is 0 Å². The maximum absolute atomic E-state index is 8.25. The van der Waals surface area contributed by atoms with E-state index in [4.69, 9.17) is 34.8 Å². The van der Waals surface area contributed by atoms with Crippen LogP contribution in [0.3, 0.4) is 0 Å². The average Bonchev–Trinajstić information content (AvgIpc) is 4.04. The Bertz CT molecular complexity index is 3930. The second-order valence-corrected chi connectivity index (χ2v) is 15.8. The lowest BCUT2D eigenvalue weighted by Crippen LogP contribution is -1.97. The van der Waals surface area contributed by atoms with Gasteiger partial charge in [0.25, 0.3) is 0 Å². The number of fused-ring (bicyclic) bond motifs is 10. The maximum Gasteiger partial charge on any atom is 0.230 e. The van der Waals surface area contributed by atoms with Crippen LogP contribution in [0.2, 0.25) is 0 Å². The van der Waals surface area contributed by atoms with Gasteiger partial charge in [-0.15, -0.1) is 0 Å². The molecule has 0 aliphatic carbocycles. The molecule has 13 rings (SSSR count). The van der Waals surface area contributed by atoms with Gasteiger partial charge in [-0.3, -0.25) is 0 Å². The van der Waals surface area contributed by atoms with E-state index in [1.54, 1.807) is 0 Å². The number of rotatable bonds is 5. The van der Waals surface area contributed by atoms with Gasteiger partial charge >= 0.3 is 0 Å². The van der Waals surface area contributed by atoms with E-state index >= 15 is 0 Å². The number of hydrogen-bond donors (Lipinski definition) is 0. The lowest BCUT2D eigenvalue weighted by molar-refractivity contribution is 0.657. The molecular weight excluding hydrogens is 777 g/mol. The normalized spacial score (nSPS) is 11.8. The summed E-state index contributed by atoms with van der Waals surface area (Å²) in [6, 6.07) is 61.5. The molecule has 8 aromatic carbocycles. The molecule has 63 heavy (non-hydrogen) atoms. The standard InChI is InChI=1S/C56H30N4O3/c1-57-49-30-37(29-44-45-28-33-15-5-8-22-46(33)60-56(45)63-54(44)49)48-31-47(58-55(59-48)32-13-3-2-4-14-32)36-26-34(38-18-11-20-42-40-16-6-9-23-50(40)61-52(38)42)25-35(27-36)39-19-12-21-43-41-17-7-10-24-51(41)62-53(39)43/h2-31H. The summed E-state index contributed by atoms with van der Waals surface area (Å²) in [6.07, 6.45) is 0. The van der Waals surface area contributed by atoms with Crippen molar-refractivity contribution >= 4 is 82.5 Å². The Labute approximate surface area is 358 Å². The number of nitrogens with zero attached hydrogens (tertiary/aromatic N) is 4. The molecule has 0 bridgehead atoms. The first kappa shape index (κ1) is 34.9. The van der Waals surface area contributed by atoms with Crippen molar-refractivity contribution in [2.75, 3.05) is 0 Å². The van der Waals surface area contributed by atoms with Crippen molar-refractivity contribution in [3.63, 3.8) is 0 Å². The molecule has 292 valence electrons. The summed E-state index contributed by atoms with van der Waals surface area (Å²) in [5.41, 5.74) is 13.2. The van der Waals surface area contributed by atoms with Crippen LogP contribution in [-0.4, -0.2) is 15.0 Å². The predicted molar refractivity (Wildman–Crippen MR) is 253 cm³/mol. The van der Waals surface area contributed by atoms with Gasteiger partial charge in [0.2, 0.25) is 11.4 Å². The lowest BCUT2D eigenvalue weighted by Gasteiger charge is -2.14. The zero-order valence-corrected chi connectivity index (χ0v) is 33.3. The van der Waals surface area contributed by atoms with Gasteiger partial charge in [0, 0.05) is 60.0 Å². The first-order chi connectivity index (χ1) is 31.1. The van der Waals surface area contributed by atoms with Crippen LogP contribution in [0.15, 0.2) is 195 Å². The minimum absolute atomic E-state index is 0.383. The molecular formula is C56H30N4O3. The van der Waals surface area contributed by atoms with Crippen molar-refractivity contribution in [1.82, 2.24) is 15.0 Å². The van der Waals surface area contributed by atoms with Crippen LogP contribution < -0.4 is 0 Å². The van der Waals surface area contributed by atoms with Gasteiger partial charge in [0.05, 0.1) is 23.5 Å². The number of pyridine rings is 1. The summed E-state index contributed by atoms with van der Waals surface area (Å²) in [7, 11) is 0. The van der Waals surface area contributed by atoms with E-state index in [-0.39, 0.29) is 0 Å². The fourth-order valence-electron chi connectivity index (χ4n) is 9.11. The smallest absolute Gasteiger partial charge is 0.230 e. The molecule has 0 saturated carbocycles. The minimum atomic E-state index is 0.383. The Kier molecular flexibility index (Phi) is 7.53. The number of benzene rings is 8. The van der Waals surface area contributed by atoms with Crippen LogP contribution in [0.5, 0.6) is 0 Å². The fraction of sp³-hybridized carbons (Fsp3) is 0. The second kappa shape index (κ2) is 13.6. The van der Waals surface area contributed by atoms with Crippen LogP contribution in [0, 0.1) is 6.57 Å². The molecule has 5 aromatic heterocycles. The minimum Gasteiger partial charge on any atom is -0.455 e. The third kappa shape index (κ3) is 5.56. The monoisotopic (exact) mass is 806 g/mol. The van der Waals surface area contributed by atoms with E-state index in [9.17, 15) is 0 Å². The first-order valence-corrected chi connectivity index (χ1v) is 20.7. The molecule has 7 heteroatoms. The highest BCUT2D eigenvalue weighted by molar-refractivity contribution is 6.13. The number of furan rings is 3. The quantitative estimate of drug-likeness (QED) is 0.161. The maximum atomic E-state index is 8.25. The molecule has 0 amide bonds. The molecule has 0 saturated heterocycles. The van der Waals surface area contributed by atoms with Crippen molar-refractivity contribution in [3.05, 3.63) is 193 Å². The molecule has 0 atom stereocenters. The topological polar surface area (TPSA) is 82.5 Å². The third-order valence-corrected chi connectivity index (χ3v) is 12.1. The largest absolute Gasteiger partial charge is 0.455 e. The average molecular weight is 807 g/mol. The van der Waals surface area contributed by atoms with Crippen LogP contribution in [0.25, 0.3) is 138 Å². The molecule has 0 unspecified atom stereocenters. The van der Waals surface area contributed by atoms with E-state index in [2.05, 4.69) is 83.7 Å². The Morgan fingerprint density at radius 3 is 1.62 bits per heavy atom. The van der Waals surface area contributed by atoms with Crippen molar-refractivity contribution in [3.8, 4) is 56.2 Å². The van der Waals surface area contributed by atoms with E-state index < -0.39 is 0 Å². The Balaban J connectivity index is 1.08. The summed E-state index contributed by atoms with van der Waals surface area (Å²) >= 11 is 0. The zero-order valence-electron chi connectivity index (χ0n) is 33.3. The van der Waals surface area contributed by atoms with Crippen molar-refractivity contribution in [2.45, 2.75) is 0 Å². The highest BCUT2D eigenvalue weighted by Crippen LogP contribution is 2.44. The van der Waals surface area contributed by atoms with Crippen LogP contribution in [0.4, 0.5) is 5.69 Å². The zero-order chi connectivity index (χ0) is 41.6. The van der Waals surface area contributed by atoms with E-state index in [1.807, 2.05) is 103 Å². The Hall–Kier alpha value is -8.86. The Morgan fingerprint density at radius 2 is 0.952 bits per heavy atom. The van der Waals surface area contributed by atoms with Gasteiger partial charge < -0.3 is 13.3 Å². The second-order valence-electron chi connectivity index (χ2n) is 15.8. The molecule has 0 aliphatic heterocycles. The fourth-order valence-corrected chi connectivity index (χ4v) is 9.11. The number of aromatic nitrogens is 3. The van der Waals surface area contributed by atoms with Crippen LogP contribution in [0.1, 0.15) is 0 Å². The highest BCUT2D eigenvalue weighted by atomic mass is 16.3. The molecule has 0 aliphatic rings. The number of hydrogen-bond acceptors (Lipinski definition) is 6.